The predicted octanol–water partition coefficient (Wildman–Crippen LogP) is 2.23. The summed E-state index contributed by atoms with van der Waals surface area (Å²) in [6.07, 6.45) is 2.75. The summed E-state index contributed by atoms with van der Waals surface area (Å²) in [4.78, 5) is 14.2. The second-order valence-electron chi connectivity index (χ2n) is 4.35. The van der Waals surface area contributed by atoms with Crippen LogP contribution in [0.1, 0.15) is 38.8 Å². The summed E-state index contributed by atoms with van der Waals surface area (Å²) < 4.78 is 0. The van der Waals surface area contributed by atoms with Gasteiger partial charge in [0.1, 0.15) is 0 Å². The van der Waals surface area contributed by atoms with Crippen LogP contribution in [0.4, 0.5) is 0 Å². The molecule has 0 amide bonds. The van der Waals surface area contributed by atoms with E-state index >= 15 is 0 Å². The number of pyridine rings is 1. The summed E-state index contributed by atoms with van der Waals surface area (Å²) >= 11 is 0. The Hall–Kier alpha value is -1.05. The lowest BCUT2D eigenvalue weighted by molar-refractivity contribution is 0.580. The van der Waals surface area contributed by atoms with Crippen molar-refractivity contribution in [3.8, 4) is 0 Å². The number of aromatic amines is 1. The van der Waals surface area contributed by atoms with E-state index in [4.69, 9.17) is 0 Å². The zero-order valence-corrected chi connectivity index (χ0v) is 8.77. The molecule has 0 fully saturated rings. The number of hydrogen-bond acceptors (Lipinski definition) is 1. The first-order chi connectivity index (χ1) is 5.95. The third-order valence-electron chi connectivity index (χ3n) is 2.18. The molecule has 0 spiro atoms. The SMILES string of the molecule is CCc1c[nH]c(=O)c(C(C)(C)C)c1. The minimum Gasteiger partial charge on any atom is -0.329 e. The molecule has 0 unspecified atom stereocenters. The quantitative estimate of drug-likeness (QED) is 0.704. The highest BCUT2D eigenvalue weighted by molar-refractivity contribution is 5.24. The summed E-state index contributed by atoms with van der Waals surface area (Å²) in [5.74, 6) is 0. The van der Waals surface area contributed by atoms with Crippen molar-refractivity contribution in [1.29, 1.82) is 0 Å². The van der Waals surface area contributed by atoms with Gasteiger partial charge in [-0.15, -0.1) is 0 Å². The summed E-state index contributed by atoms with van der Waals surface area (Å²) in [7, 11) is 0. The molecule has 0 saturated heterocycles. The third-order valence-corrected chi connectivity index (χ3v) is 2.18. The molecule has 72 valence electrons. The Kier molecular flexibility index (Phi) is 2.60. The number of H-pyrrole nitrogens is 1. The minimum atomic E-state index is -0.0707. The minimum absolute atomic E-state index is 0.0321. The van der Waals surface area contributed by atoms with E-state index in [2.05, 4.69) is 32.7 Å². The van der Waals surface area contributed by atoms with E-state index in [1.54, 1.807) is 6.20 Å². The fourth-order valence-corrected chi connectivity index (χ4v) is 1.29. The highest BCUT2D eigenvalue weighted by Gasteiger charge is 2.17. The van der Waals surface area contributed by atoms with Gasteiger partial charge in [0.05, 0.1) is 0 Å². The van der Waals surface area contributed by atoms with Gasteiger partial charge < -0.3 is 4.98 Å². The topological polar surface area (TPSA) is 32.9 Å². The predicted molar refractivity (Wildman–Crippen MR) is 55.1 cm³/mol. The summed E-state index contributed by atoms with van der Waals surface area (Å²) in [5.41, 5.74) is 2.01. The van der Waals surface area contributed by atoms with E-state index in [0.29, 0.717) is 0 Å². The second kappa shape index (κ2) is 3.36. The number of aromatic nitrogens is 1. The van der Waals surface area contributed by atoms with Crippen LogP contribution in [-0.2, 0) is 11.8 Å². The van der Waals surface area contributed by atoms with E-state index < -0.39 is 0 Å². The van der Waals surface area contributed by atoms with Gasteiger partial charge in [-0.1, -0.05) is 27.7 Å². The fraction of sp³-hybridized carbons (Fsp3) is 0.545. The van der Waals surface area contributed by atoms with Crippen molar-refractivity contribution in [2.24, 2.45) is 0 Å². The lowest BCUT2D eigenvalue weighted by atomic mass is 9.87. The number of aryl methyl sites for hydroxylation is 1. The highest BCUT2D eigenvalue weighted by atomic mass is 16.1. The molecule has 0 saturated carbocycles. The fourth-order valence-electron chi connectivity index (χ4n) is 1.29. The van der Waals surface area contributed by atoms with Gasteiger partial charge in [0.2, 0.25) is 0 Å². The maximum absolute atomic E-state index is 11.5. The first-order valence-electron chi connectivity index (χ1n) is 4.67. The van der Waals surface area contributed by atoms with Gasteiger partial charge >= 0.3 is 0 Å². The van der Waals surface area contributed by atoms with Crippen LogP contribution in [0.2, 0.25) is 0 Å². The molecule has 1 heterocycles. The lowest BCUT2D eigenvalue weighted by Gasteiger charge is -2.18. The first-order valence-corrected chi connectivity index (χ1v) is 4.67. The molecule has 2 heteroatoms. The van der Waals surface area contributed by atoms with Gasteiger partial charge in [0, 0.05) is 11.8 Å². The molecule has 0 aliphatic rings. The maximum Gasteiger partial charge on any atom is 0.251 e. The largest absolute Gasteiger partial charge is 0.329 e. The van der Waals surface area contributed by atoms with Crippen LogP contribution >= 0.6 is 0 Å². The van der Waals surface area contributed by atoms with E-state index in [9.17, 15) is 4.79 Å². The lowest BCUT2D eigenvalue weighted by Crippen LogP contribution is -2.24. The normalized spacial score (nSPS) is 11.7. The van der Waals surface area contributed by atoms with Crippen LogP contribution in [0.15, 0.2) is 17.1 Å². The summed E-state index contributed by atoms with van der Waals surface area (Å²) in [5, 5.41) is 0. The molecule has 0 bridgehead atoms. The second-order valence-corrected chi connectivity index (χ2v) is 4.35. The van der Waals surface area contributed by atoms with Gasteiger partial charge in [0.15, 0.2) is 0 Å². The monoisotopic (exact) mass is 179 g/mol. The molecule has 13 heavy (non-hydrogen) atoms. The van der Waals surface area contributed by atoms with Crippen molar-refractivity contribution >= 4 is 0 Å². The van der Waals surface area contributed by atoms with E-state index in [-0.39, 0.29) is 11.0 Å². The van der Waals surface area contributed by atoms with Crippen LogP contribution in [0.25, 0.3) is 0 Å². The molecule has 0 radical (unpaired) electrons. The first kappa shape index (κ1) is 10.0. The Balaban J connectivity index is 3.28. The van der Waals surface area contributed by atoms with Gasteiger partial charge in [-0.2, -0.15) is 0 Å². The van der Waals surface area contributed by atoms with Gasteiger partial charge in [-0.05, 0) is 23.5 Å². The Bertz CT molecular complexity index is 344. The smallest absolute Gasteiger partial charge is 0.251 e. The molecule has 0 aliphatic carbocycles. The van der Waals surface area contributed by atoms with E-state index in [1.807, 2.05) is 6.07 Å². The zero-order valence-electron chi connectivity index (χ0n) is 8.77. The van der Waals surface area contributed by atoms with Crippen LogP contribution in [0.5, 0.6) is 0 Å². The molecule has 1 rings (SSSR count). The van der Waals surface area contributed by atoms with Gasteiger partial charge in [-0.3, -0.25) is 4.79 Å². The molecule has 0 aliphatic heterocycles. The maximum atomic E-state index is 11.5. The van der Waals surface area contributed by atoms with Crippen LogP contribution in [0, 0.1) is 0 Å². The van der Waals surface area contributed by atoms with Gasteiger partial charge in [0.25, 0.3) is 5.56 Å². The Labute approximate surface area is 79.0 Å². The summed E-state index contributed by atoms with van der Waals surface area (Å²) in [6.45, 7) is 8.24. The number of hydrogen-bond donors (Lipinski definition) is 1. The van der Waals surface area contributed by atoms with Crippen LogP contribution < -0.4 is 5.56 Å². The Morgan fingerprint density at radius 3 is 2.46 bits per heavy atom. The van der Waals surface area contributed by atoms with Crippen LogP contribution in [-0.4, -0.2) is 4.98 Å². The average molecular weight is 179 g/mol. The van der Waals surface area contributed by atoms with Crippen molar-refractivity contribution in [3.63, 3.8) is 0 Å². The molecule has 1 N–H and O–H groups in total. The summed E-state index contributed by atoms with van der Waals surface area (Å²) in [6, 6.07) is 2.00. The number of rotatable bonds is 1. The molecular formula is C11H17NO. The molecule has 2 nitrogen and oxygen atoms in total. The number of nitrogens with one attached hydrogen (secondary N) is 1. The van der Waals surface area contributed by atoms with Crippen molar-refractivity contribution in [2.75, 3.05) is 0 Å². The average Bonchev–Trinajstić information content (AvgIpc) is 2.03. The van der Waals surface area contributed by atoms with E-state index in [1.165, 1.54) is 5.56 Å². The van der Waals surface area contributed by atoms with Crippen molar-refractivity contribution in [2.45, 2.75) is 39.5 Å². The molecule has 1 aromatic rings. The molecule has 0 atom stereocenters. The molecule has 1 aromatic heterocycles. The molecule has 0 aromatic carbocycles. The Morgan fingerprint density at radius 2 is 2.00 bits per heavy atom. The third kappa shape index (κ3) is 2.20. The Morgan fingerprint density at radius 1 is 1.38 bits per heavy atom. The van der Waals surface area contributed by atoms with Crippen molar-refractivity contribution in [3.05, 3.63) is 33.7 Å². The van der Waals surface area contributed by atoms with Crippen LogP contribution in [0.3, 0.4) is 0 Å². The van der Waals surface area contributed by atoms with Crippen molar-refractivity contribution in [1.82, 2.24) is 4.98 Å². The molecular weight excluding hydrogens is 162 g/mol. The van der Waals surface area contributed by atoms with Gasteiger partial charge in [-0.25, -0.2) is 0 Å². The van der Waals surface area contributed by atoms with E-state index in [0.717, 1.165) is 12.0 Å². The standard InChI is InChI=1S/C11H17NO/c1-5-8-6-9(11(2,3)4)10(13)12-7-8/h6-7H,5H2,1-4H3,(H,12,13). The van der Waals surface area contributed by atoms with Crippen molar-refractivity contribution < 1.29 is 0 Å². The zero-order chi connectivity index (χ0) is 10.1. The highest BCUT2D eigenvalue weighted by Crippen LogP contribution is 2.18.